The van der Waals surface area contributed by atoms with Crippen LogP contribution >= 0.6 is 0 Å². The van der Waals surface area contributed by atoms with Gasteiger partial charge in [0.05, 0.1) is 64.1 Å². The van der Waals surface area contributed by atoms with Gasteiger partial charge in [-0.15, -0.1) is 0 Å². The van der Waals surface area contributed by atoms with Crippen LogP contribution in [0.15, 0.2) is 94.5 Å². The number of aryl methyl sites for hydroxylation is 2. The Labute approximate surface area is 496 Å². The van der Waals surface area contributed by atoms with E-state index in [-0.39, 0.29) is 55.1 Å². The van der Waals surface area contributed by atoms with Crippen molar-refractivity contribution in [3.05, 3.63) is 195 Å². The van der Waals surface area contributed by atoms with E-state index in [1.54, 1.807) is 99.1 Å². The number of hydrogen-bond acceptors (Lipinski definition) is 14. The number of benzene rings is 4. The molecule has 2 aliphatic carbocycles. The first-order valence-electron chi connectivity index (χ1n) is 29.2. The molecule has 0 saturated carbocycles. The lowest BCUT2D eigenvalue weighted by atomic mass is 9.77. The number of ether oxygens (including phenoxy) is 2. The van der Waals surface area contributed by atoms with Crippen LogP contribution in [-0.4, -0.2) is 80.4 Å². The number of fused-ring (bicyclic) bond motifs is 10. The minimum atomic E-state index is -1.98. The lowest BCUT2D eigenvalue weighted by molar-refractivity contribution is -0.172. The highest BCUT2D eigenvalue weighted by molar-refractivity contribution is 5.95. The molecule has 4 aromatic heterocycles. The summed E-state index contributed by atoms with van der Waals surface area (Å²) in [7, 11) is 1.65. The molecule has 1 amide bonds. The van der Waals surface area contributed by atoms with Crippen molar-refractivity contribution in [2.45, 2.75) is 141 Å². The van der Waals surface area contributed by atoms with E-state index in [1.807, 2.05) is 13.0 Å². The fourth-order valence-corrected chi connectivity index (χ4v) is 13.9. The summed E-state index contributed by atoms with van der Waals surface area (Å²) in [4.78, 5) is 87.4. The number of nitrogens with zero attached hydrogens (tertiary/aromatic N) is 5. The van der Waals surface area contributed by atoms with Crippen molar-refractivity contribution < 1.29 is 63.0 Å². The molecule has 0 saturated heterocycles. The highest BCUT2D eigenvalue weighted by Gasteiger charge is 2.48. The van der Waals surface area contributed by atoms with Gasteiger partial charge in [-0.1, -0.05) is 81.4 Å². The van der Waals surface area contributed by atoms with Gasteiger partial charge in [-0.25, -0.2) is 33.1 Å². The van der Waals surface area contributed by atoms with E-state index in [9.17, 15) is 48.5 Å². The average molecular weight is 1180 g/mol. The van der Waals surface area contributed by atoms with Crippen molar-refractivity contribution in [3.63, 3.8) is 0 Å². The summed E-state index contributed by atoms with van der Waals surface area (Å²) in [6.45, 7) is 9.14. The molecule has 0 radical (unpaired) electrons. The van der Waals surface area contributed by atoms with Gasteiger partial charge in [-0.05, 0) is 121 Å². The van der Waals surface area contributed by atoms with Crippen LogP contribution in [-0.2, 0) is 79.0 Å². The number of aliphatic hydroxyl groups is 4. The Morgan fingerprint density at radius 1 is 0.644 bits per heavy atom. The quantitative estimate of drug-likeness (QED) is 0.0894. The molecule has 448 valence electrons. The van der Waals surface area contributed by atoms with Gasteiger partial charge in [0, 0.05) is 52.2 Å². The lowest BCUT2D eigenvalue weighted by Gasteiger charge is -2.36. The van der Waals surface area contributed by atoms with E-state index in [0.29, 0.717) is 98.1 Å². The predicted octanol–water partition coefficient (Wildman–Crippen LogP) is 8.48. The first kappa shape index (κ1) is 58.6. The molecule has 20 heteroatoms. The van der Waals surface area contributed by atoms with Crippen LogP contribution < -0.4 is 11.1 Å². The molecular weight excluding hydrogens is 1120 g/mol. The lowest BCUT2D eigenvalue weighted by Crippen LogP contribution is -2.44. The monoisotopic (exact) mass is 1180 g/mol. The zero-order chi connectivity index (χ0) is 61.9. The first-order valence-corrected chi connectivity index (χ1v) is 29.2. The van der Waals surface area contributed by atoms with Gasteiger partial charge in [0.15, 0.2) is 23.4 Å². The van der Waals surface area contributed by atoms with Gasteiger partial charge in [0.1, 0.15) is 24.8 Å². The highest BCUT2D eigenvalue weighted by atomic mass is 19.1. The number of likely N-dealkylation sites (N-methyl/N-ethyl adjacent to an activating group) is 1. The van der Waals surface area contributed by atoms with E-state index in [4.69, 9.17) is 29.7 Å². The number of cyclic esters (lactones) is 2. The summed E-state index contributed by atoms with van der Waals surface area (Å²) in [5, 5.41) is 52.5. The largest absolute Gasteiger partial charge is 0.479 e. The Morgan fingerprint density at radius 2 is 1.08 bits per heavy atom. The molecule has 5 N–H and O–H groups in total. The van der Waals surface area contributed by atoms with E-state index < -0.39 is 64.6 Å². The number of rotatable bonds is 8. The number of carboxylic acids is 1. The number of esters is 2. The zero-order valence-corrected chi connectivity index (χ0v) is 48.7. The number of carboxylic acid groups (broad SMARTS) is 1. The maximum Gasteiger partial charge on any atom is 0.343 e. The van der Waals surface area contributed by atoms with Crippen LogP contribution in [0.25, 0.3) is 44.6 Å². The maximum absolute atomic E-state index is 15.2. The summed E-state index contributed by atoms with van der Waals surface area (Å²) >= 11 is 0. The van der Waals surface area contributed by atoms with Gasteiger partial charge in [0.2, 0.25) is 0 Å². The molecule has 14 rings (SSSR count). The summed E-state index contributed by atoms with van der Waals surface area (Å²) in [5.74, 6) is -3.62. The van der Waals surface area contributed by atoms with Crippen LogP contribution in [0.4, 0.5) is 8.78 Å². The van der Waals surface area contributed by atoms with Crippen molar-refractivity contribution in [1.29, 1.82) is 0 Å². The second-order valence-corrected chi connectivity index (χ2v) is 23.2. The molecule has 8 aromatic rings. The third-order valence-electron chi connectivity index (χ3n) is 18.9. The molecule has 0 spiro atoms. The second kappa shape index (κ2) is 21.8. The summed E-state index contributed by atoms with van der Waals surface area (Å²) in [6, 6.07) is 22.7. The van der Waals surface area contributed by atoms with Gasteiger partial charge >= 0.3 is 17.9 Å². The Hall–Kier alpha value is -8.82. The summed E-state index contributed by atoms with van der Waals surface area (Å²) < 4.78 is 43.5. The first-order chi connectivity index (χ1) is 41.6. The summed E-state index contributed by atoms with van der Waals surface area (Å²) in [5.41, 5.74) is 7.05. The molecule has 6 atom stereocenters. The molecule has 18 nitrogen and oxygen atoms in total. The third kappa shape index (κ3) is 9.08. The van der Waals surface area contributed by atoms with Crippen molar-refractivity contribution in [2.24, 2.45) is 0 Å². The van der Waals surface area contributed by atoms with Crippen LogP contribution in [0.5, 0.6) is 0 Å². The number of amides is 1. The minimum Gasteiger partial charge on any atom is -0.479 e. The maximum atomic E-state index is 15.2. The van der Waals surface area contributed by atoms with Crippen LogP contribution in [0, 0.1) is 25.5 Å². The minimum absolute atomic E-state index is 0.0115. The number of aliphatic hydroxyl groups excluding tert-OH is 2. The van der Waals surface area contributed by atoms with Gasteiger partial charge in [-0.2, -0.15) is 0 Å². The molecular formula is C67H63F2N5O13. The van der Waals surface area contributed by atoms with Crippen LogP contribution in [0.3, 0.4) is 0 Å². The van der Waals surface area contributed by atoms with E-state index in [2.05, 4.69) is 6.92 Å². The predicted molar refractivity (Wildman–Crippen MR) is 314 cm³/mol. The fraction of sp³-hybridized carbons (Fsp3) is 0.343. The third-order valence-corrected chi connectivity index (χ3v) is 18.9. The van der Waals surface area contributed by atoms with Crippen LogP contribution in [0.1, 0.15) is 155 Å². The number of halogens is 2. The Kier molecular flexibility index (Phi) is 14.7. The van der Waals surface area contributed by atoms with Gasteiger partial charge < -0.3 is 49.0 Å². The molecule has 6 aliphatic rings. The molecule has 0 unspecified atom stereocenters. The molecule has 4 aromatic carbocycles. The molecule has 0 fully saturated rings. The number of carbonyl (C=O) groups is 4. The number of aromatic nitrogens is 4. The van der Waals surface area contributed by atoms with Crippen molar-refractivity contribution in [2.75, 3.05) is 7.05 Å². The molecule has 0 bridgehead atoms. The van der Waals surface area contributed by atoms with E-state index >= 15 is 4.39 Å². The topological polar surface area (TPSA) is 261 Å². The molecule has 87 heavy (non-hydrogen) atoms. The number of carbonyl (C=O) groups excluding carboxylic acids is 3. The average Bonchev–Trinajstić information content (AvgIpc) is 1.67. The van der Waals surface area contributed by atoms with E-state index in [1.165, 1.54) is 27.2 Å². The smallest absolute Gasteiger partial charge is 0.343 e. The second-order valence-electron chi connectivity index (χ2n) is 23.2. The van der Waals surface area contributed by atoms with Crippen LogP contribution in [0.2, 0.25) is 0 Å². The summed E-state index contributed by atoms with van der Waals surface area (Å²) in [6.07, 6.45) is 0.998. The molecule has 4 aliphatic heterocycles. The molecule has 8 heterocycles. The normalized spacial score (nSPS) is 20.4. The highest BCUT2D eigenvalue weighted by Crippen LogP contribution is 2.50. The zero-order valence-electron chi connectivity index (χ0n) is 48.7. The fourth-order valence-electron chi connectivity index (χ4n) is 13.9. The van der Waals surface area contributed by atoms with Crippen molar-refractivity contribution in [1.82, 2.24) is 24.0 Å². The number of hydrogen-bond donors (Lipinski definition) is 5. The van der Waals surface area contributed by atoms with Crippen molar-refractivity contribution >= 4 is 45.6 Å². The van der Waals surface area contributed by atoms with Gasteiger partial charge in [-0.3, -0.25) is 14.4 Å². The number of aliphatic carboxylic acids is 1. The number of pyridine rings is 4. The Morgan fingerprint density at radius 3 is 1.53 bits per heavy atom. The van der Waals surface area contributed by atoms with E-state index in [0.717, 1.165) is 52.3 Å². The SMILES string of the molecule is CC[C@@]1(O)C(=O)OCc2c1cc1n(c2=O)Cc2c-1nc1cc(F)c(C)c3c1c2[C@@H](N(C)C(=O)[C@@H](O)c1ccccc1)CC3.CC[C@H]1CCc2c(C)c(F)cc3nc4c(c1c23)Cn1c-4cc2c(c1=O)COC(=O)[C@]2(O)CC.O=C(O)[C@@H](O)c1ccccc1. The Bertz CT molecular complexity index is 4400. The van der Waals surface area contributed by atoms with Crippen molar-refractivity contribution in [3.8, 4) is 22.8 Å². The standard InChI is InChI=1S/C33H30FN3O6.C26H25FN2O4.C8H8O3/c1-4-33(42)21-12-25-28-19(14-37(25)30(39)20(21)15-43-32(33)41)27-24(36(3)31(40)29(38)17-8-6-5-7-9-17)11-10-18-16(2)22(34)13-23(35-28)26(18)27;1-4-13-6-7-14-12(3)18(27)9-19-22(14)21(13)15-10-29-20(23(15)28-19)8-17-16(24(29)30)11-33-25(31)26(17,32)5-2;9-7(8(10)11)6-4-2-1-3-5-6/h5-9,12-13,24,29,38,42H,4,10-11,14-15H2,1-3H3;8-9,13,32H,4-7,10-11H2,1-3H3;1-5,7,9H,(H,10,11)/t24-,29-,33-;13-,26-;7-/m000/s1. The Balaban J connectivity index is 0.000000148. The van der Waals surface area contributed by atoms with Gasteiger partial charge in [0.25, 0.3) is 17.0 Å².